The maximum Gasteiger partial charge on any atom is 0.0278 e. The monoisotopic (exact) mass is 536 g/mol. The lowest BCUT2D eigenvalue weighted by atomic mass is 9.68. The summed E-state index contributed by atoms with van der Waals surface area (Å²) in [5.74, 6) is 7.25. The van der Waals surface area contributed by atoms with E-state index in [2.05, 4.69) is 148 Å². The lowest BCUT2D eigenvalue weighted by Crippen LogP contribution is -2.24. The summed E-state index contributed by atoms with van der Waals surface area (Å²) in [5, 5.41) is 0. The maximum atomic E-state index is 3.29. The molecule has 40 heavy (non-hydrogen) atoms. The summed E-state index contributed by atoms with van der Waals surface area (Å²) in [7, 11) is 0. The first kappa shape index (κ1) is 33.4. The minimum atomic E-state index is 0.290. The smallest absolute Gasteiger partial charge is 0.0278 e. The highest BCUT2D eigenvalue weighted by Gasteiger charge is 2.30. The Morgan fingerprint density at radius 2 is 1.48 bits per heavy atom. The van der Waals surface area contributed by atoms with Crippen molar-refractivity contribution in [2.24, 2.45) is 16.7 Å². The standard InChI is InChI=1S/C40H56/c1-31(19-13-21-33(3)25-27-37-35(5)23-15-29-39(37,7)8)17-11-12-18-32(2)20-14-22-34(4)26-28-38-36(6)24-16-30-40(38,9)10/h13-14,17,19-22,25-28,36H,11,15-16,23-24,29-30H2,1-10H3/b19-13+,22-14-,27-25+,31-17+,32-20+,33-21+,34-26-,38-28+. The van der Waals surface area contributed by atoms with E-state index < -0.39 is 0 Å². The van der Waals surface area contributed by atoms with Gasteiger partial charge in [-0.1, -0.05) is 148 Å². The fourth-order valence-electron chi connectivity index (χ4n) is 5.97. The van der Waals surface area contributed by atoms with Crippen LogP contribution in [-0.4, -0.2) is 0 Å². The molecule has 1 fully saturated rings. The lowest BCUT2D eigenvalue weighted by molar-refractivity contribution is 0.290. The summed E-state index contributed by atoms with van der Waals surface area (Å²) >= 11 is 0. The van der Waals surface area contributed by atoms with E-state index in [-0.39, 0.29) is 5.41 Å². The van der Waals surface area contributed by atoms with Crippen LogP contribution in [0.15, 0.2) is 106 Å². The van der Waals surface area contributed by atoms with Crippen molar-refractivity contribution in [3.8, 4) is 11.8 Å². The van der Waals surface area contributed by atoms with Gasteiger partial charge in [0.05, 0.1) is 0 Å². The van der Waals surface area contributed by atoms with Gasteiger partial charge in [-0.05, 0) is 94.6 Å². The molecular weight excluding hydrogens is 480 g/mol. The summed E-state index contributed by atoms with van der Waals surface area (Å²) < 4.78 is 0. The van der Waals surface area contributed by atoms with Gasteiger partial charge in [-0.2, -0.15) is 0 Å². The first-order valence-corrected chi connectivity index (χ1v) is 15.4. The molecule has 0 aromatic rings. The van der Waals surface area contributed by atoms with Gasteiger partial charge in [0.1, 0.15) is 0 Å². The molecule has 0 heteroatoms. The molecule has 2 rings (SSSR count). The molecule has 2 aliphatic rings. The van der Waals surface area contributed by atoms with Crippen LogP contribution in [0.1, 0.15) is 114 Å². The van der Waals surface area contributed by atoms with E-state index in [0.29, 0.717) is 11.3 Å². The first-order valence-electron chi connectivity index (χ1n) is 15.4. The third kappa shape index (κ3) is 11.4. The third-order valence-corrected chi connectivity index (χ3v) is 8.57. The van der Waals surface area contributed by atoms with Crippen LogP contribution < -0.4 is 0 Å². The van der Waals surface area contributed by atoms with Crippen LogP contribution in [0.2, 0.25) is 0 Å². The molecule has 2 aliphatic carbocycles. The van der Waals surface area contributed by atoms with Crippen molar-refractivity contribution >= 4 is 0 Å². The van der Waals surface area contributed by atoms with Crippen LogP contribution in [0.3, 0.4) is 0 Å². The van der Waals surface area contributed by atoms with Crippen molar-refractivity contribution in [3.05, 3.63) is 106 Å². The topological polar surface area (TPSA) is 0 Å². The van der Waals surface area contributed by atoms with E-state index >= 15 is 0 Å². The van der Waals surface area contributed by atoms with Crippen molar-refractivity contribution in [2.75, 3.05) is 0 Å². The zero-order chi connectivity index (χ0) is 29.8. The van der Waals surface area contributed by atoms with Crippen LogP contribution in [0.5, 0.6) is 0 Å². The van der Waals surface area contributed by atoms with Crippen LogP contribution in [0.4, 0.5) is 0 Å². The number of rotatable bonds is 8. The molecule has 0 aliphatic heterocycles. The van der Waals surface area contributed by atoms with Gasteiger partial charge in [0.2, 0.25) is 0 Å². The number of hydrogen-bond acceptors (Lipinski definition) is 0. The second-order valence-corrected chi connectivity index (χ2v) is 13.4. The summed E-state index contributed by atoms with van der Waals surface area (Å²) in [5.41, 5.74) is 10.1. The molecule has 0 saturated heterocycles. The molecule has 0 aromatic heterocycles. The number of hydrogen-bond donors (Lipinski definition) is 0. The van der Waals surface area contributed by atoms with Gasteiger partial charge in [-0.3, -0.25) is 0 Å². The van der Waals surface area contributed by atoms with Gasteiger partial charge in [-0.25, -0.2) is 0 Å². The molecule has 1 saturated carbocycles. The Hall–Kier alpha value is -2.78. The van der Waals surface area contributed by atoms with Gasteiger partial charge in [-0.15, -0.1) is 0 Å². The summed E-state index contributed by atoms with van der Waals surface area (Å²) in [4.78, 5) is 0. The predicted molar refractivity (Wildman–Crippen MR) is 180 cm³/mol. The van der Waals surface area contributed by atoms with Crippen molar-refractivity contribution in [1.29, 1.82) is 0 Å². The quantitative estimate of drug-likeness (QED) is 0.214. The highest BCUT2D eigenvalue weighted by molar-refractivity contribution is 5.38. The van der Waals surface area contributed by atoms with Crippen molar-refractivity contribution in [2.45, 2.75) is 114 Å². The lowest BCUT2D eigenvalue weighted by Gasteiger charge is -2.37. The van der Waals surface area contributed by atoms with Gasteiger partial charge >= 0.3 is 0 Å². The van der Waals surface area contributed by atoms with Crippen molar-refractivity contribution < 1.29 is 0 Å². The fraction of sp³-hybridized carbons (Fsp3) is 0.500. The summed E-state index contributed by atoms with van der Waals surface area (Å²) in [6, 6.07) is 0. The Balaban J connectivity index is 1.87. The molecule has 1 atom stereocenters. The van der Waals surface area contributed by atoms with Gasteiger partial charge in [0, 0.05) is 6.42 Å². The van der Waals surface area contributed by atoms with Crippen LogP contribution >= 0.6 is 0 Å². The summed E-state index contributed by atoms with van der Waals surface area (Å²) in [6.45, 7) is 22.7. The summed E-state index contributed by atoms with van der Waals surface area (Å²) in [6.07, 6.45) is 32.9. The zero-order valence-electron chi connectivity index (χ0n) is 27.4. The van der Waals surface area contributed by atoms with Gasteiger partial charge in [0.15, 0.2) is 0 Å². The van der Waals surface area contributed by atoms with Gasteiger partial charge < -0.3 is 0 Å². The van der Waals surface area contributed by atoms with E-state index in [4.69, 9.17) is 0 Å². The van der Waals surface area contributed by atoms with E-state index in [1.54, 1.807) is 11.1 Å². The molecule has 0 heterocycles. The molecule has 0 N–H and O–H groups in total. The van der Waals surface area contributed by atoms with Crippen LogP contribution in [-0.2, 0) is 0 Å². The molecule has 0 amide bonds. The van der Waals surface area contributed by atoms with Crippen molar-refractivity contribution in [3.63, 3.8) is 0 Å². The van der Waals surface area contributed by atoms with E-state index in [1.807, 2.05) is 0 Å². The Morgan fingerprint density at radius 1 is 0.825 bits per heavy atom. The van der Waals surface area contributed by atoms with E-state index in [1.165, 1.54) is 60.8 Å². The molecule has 0 radical (unpaired) electrons. The predicted octanol–water partition coefficient (Wildman–Crippen LogP) is 12.1. The largest absolute Gasteiger partial charge is 0.0941 e. The normalized spacial score (nSPS) is 23.9. The number of allylic oxidation sites excluding steroid dienone is 18. The highest BCUT2D eigenvalue weighted by Crippen LogP contribution is 2.43. The van der Waals surface area contributed by atoms with Crippen molar-refractivity contribution in [1.82, 2.24) is 0 Å². The Bertz CT molecular complexity index is 1210. The Morgan fingerprint density at radius 3 is 2.17 bits per heavy atom. The molecule has 0 nitrogen and oxygen atoms in total. The average Bonchev–Trinajstić information content (AvgIpc) is 2.85. The van der Waals surface area contributed by atoms with E-state index in [0.717, 1.165) is 12.0 Å². The SMILES string of the molecule is CC1=C(/C=C/C(C)=C/C=C/C(C)=C/CC#C/C(C)=C/C=C\C(C)=C/C=C2\C(C)CCCC2(C)C)C(C)(C)CCC1. The van der Waals surface area contributed by atoms with Crippen LogP contribution in [0.25, 0.3) is 0 Å². The molecule has 0 spiro atoms. The first-order chi connectivity index (χ1) is 18.8. The average molecular weight is 537 g/mol. The van der Waals surface area contributed by atoms with Gasteiger partial charge in [0.25, 0.3) is 0 Å². The third-order valence-electron chi connectivity index (χ3n) is 8.57. The Labute approximate surface area is 248 Å². The minimum Gasteiger partial charge on any atom is -0.0941 e. The molecular formula is C40H56. The Kier molecular flexibility index (Phi) is 13.3. The second kappa shape index (κ2) is 15.9. The molecule has 0 bridgehead atoms. The molecule has 0 aromatic carbocycles. The maximum absolute atomic E-state index is 3.29. The van der Waals surface area contributed by atoms with Crippen LogP contribution in [0, 0.1) is 28.6 Å². The molecule has 216 valence electrons. The van der Waals surface area contributed by atoms with E-state index in [9.17, 15) is 0 Å². The molecule has 1 unspecified atom stereocenters. The zero-order valence-corrected chi connectivity index (χ0v) is 27.4. The minimum absolute atomic E-state index is 0.290. The fourth-order valence-corrected chi connectivity index (χ4v) is 5.97. The highest BCUT2D eigenvalue weighted by atomic mass is 14.4. The second-order valence-electron chi connectivity index (χ2n) is 13.4.